The summed E-state index contributed by atoms with van der Waals surface area (Å²) in [5.41, 5.74) is 12.8. The maximum Gasteiger partial charge on any atom is 0.238 e. The monoisotopic (exact) mass is 680 g/mol. The van der Waals surface area contributed by atoms with Crippen LogP contribution in [-0.4, -0.2) is 19.5 Å². The van der Waals surface area contributed by atoms with E-state index in [1.54, 1.807) is 0 Å². The number of fused-ring (bicyclic) bond motifs is 10. The Morgan fingerprint density at radius 3 is 1.98 bits per heavy atom. The Hall–Kier alpha value is -6.85. The predicted molar refractivity (Wildman–Crippen MR) is 215 cm³/mol. The van der Waals surface area contributed by atoms with Gasteiger partial charge in [-0.15, -0.1) is 0 Å². The minimum Gasteiger partial charge on any atom is -0.456 e. The topological polar surface area (TPSA) is 56.7 Å². The van der Waals surface area contributed by atoms with E-state index < -0.39 is 0 Å². The molecule has 0 saturated heterocycles. The average molecular weight is 681 g/mol. The first-order valence-electron chi connectivity index (χ1n) is 18.0. The van der Waals surface area contributed by atoms with Crippen LogP contribution in [0.2, 0.25) is 0 Å². The van der Waals surface area contributed by atoms with Crippen LogP contribution in [0.25, 0.3) is 94.7 Å². The van der Waals surface area contributed by atoms with E-state index >= 15 is 0 Å². The van der Waals surface area contributed by atoms with Gasteiger partial charge in [0.25, 0.3) is 0 Å². The molecule has 53 heavy (non-hydrogen) atoms. The highest BCUT2D eigenvalue weighted by molar-refractivity contribution is 6.25. The molecule has 0 bridgehead atoms. The molecule has 10 aromatic rings. The summed E-state index contributed by atoms with van der Waals surface area (Å²) < 4.78 is 8.74. The van der Waals surface area contributed by atoms with E-state index in [0.29, 0.717) is 17.6 Å². The van der Waals surface area contributed by atoms with E-state index in [-0.39, 0.29) is 5.41 Å². The summed E-state index contributed by atoms with van der Waals surface area (Å²) in [4.78, 5) is 15.8. The van der Waals surface area contributed by atoms with Gasteiger partial charge in [0.1, 0.15) is 11.2 Å². The van der Waals surface area contributed by atoms with Crippen LogP contribution in [0.4, 0.5) is 0 Å². The number of benzene rings is 7. The Morgan fingerprint density at radius 2 is 1.15 bits per heavy atom. The summed E-state index contributed by atoms with van der Waals surface area (Å²) in [6, 6.07) is 55.2. The van der Waals surface area contributed by atoms with Crippen LogP contribution in [-0.2, 0) is 5.41 Å². The van der Waals surface area contributed by atoms with E-state index in [2.05, 4.69) is 140 Å². The van der Waals surface area contributed by atoms with Crippen molar-refractivity contribution in [3.63, 3.8) is 0 Å². The molecular weight excluding hydrogens is 649 g/mol. The van der Waals surface area contributed by atoms with Crippen LogP contribution in [0.1, 0.15) is 25.0 Å². The highest BCUT2D eigenvalue weighted by Crippen LogP contribution is 2.51. The molecule has 0 unspecified atom stereocenters. The van der Waals surface area contributed by atoms with E-state index in [9.17, 15) is 0 Å². The van der Waals surface area contributed by atoms with Crippen LogP contribution in [0, 0.1) is 0 Å². The van der Waals surface area contributed by atoms with Crippen LogP contribution >= 0.6 is 0 Å². The van der Waals surface area contributed by atoms with Gasteiger partial charge in [-0.25, -0.2) is 4.98 Å². The van der Waals surface area contributed by atoms with Gasteiger partial charge in [0.2, 0.25) is 5.95 Å². The van der Waals surface area contributed by atoms with Crippen LogP contribution in [0.5, 0.6) is 0 Å². The summed E-state index contributed by atoms with van der Waals surface area (Å²) in [5, 5.41) is 4.37. The number of hydrogen-bond acceptors (Lipinski definition) is 4. The lowest BCUT2D eigenvalue weighted by Crippen LogP contribution is -2.15. The fourth-order valence-electron chi connectivity index (χ4n) is 8.49. The first-order chi connectivity index (χ1) is 26.0. The van der Waals surface area contributed by atoms with Gasteiger partial charge in [-0.05, 0) is 69.8 Å². The summed E-state index contributed by atoms with van der Waals surface area (Å²) in [7, 11) is 0. The second-order valence-electron chi connectivity index (χ2n) is 14.4. The Bertz CT molecular complexity index is 3080. The van der Waals surface area contributed by atoms with Crippen molar-refractivity contribution in [2.45, 2.75) is 19.3 Å². The molecule has 0 N–H and O–H groups in total. The number of aromatic nitrogens is 4. The molecule has 0 radical (unpaired) electrons. The molecule has 0 atom stereocenters. The van der Waals surface area contributed by atoms with E-state index in [4.69, 9.17) is 19.4 Å². The van der Waals surface area contributed by atoms with E-state index in [0.717, 1.165) is 66.0 Å². The quantitative estimate of drug-likeness (QED) is 0.186. The van der Waals surface area contributed by atoms with Crippen molar-refractivity contribution in [2.24, 2.45) is 0 Å². The molecule has 0 amide bonds. The molecule has 0 fully saturated rings. The van der Waals surface area contributed by atoms with Gasteiger partial charge in [-0.1, -0.05) is 135 Å². The molecule has 5 heteroatoms. The van der Waals surface area contributed by atoms with E-state index in [1.807, 2.05) is 36.4 Å². The van der Waals surface area contributed by atoms with Crippen molar-refractivity contribution >= 4 is 43.7 Å². The van der Waals surface area contributed by atoms with Crippen molar-refractivity contribution in [1.29, 1.82) is 0 Å². The Balaban J connectivity index is 1.27. The third-order valence-corrected chi connectivity index (χ3v) is 11.1. The first-order valence-corrected chi connectivity index (χ1v) is 18.0. The number of nitrogens with zero attached hydrogens (tertiary/aromatic N) is 4. The first kappa shape index (κ1) is 29.8. The number of hydrogen-bond donors (Lipinski definition) is 0. The van der Waals surface area contributed by atoms with Gasteiger partial charge in [0, 0.05) is 32.7 Å². The summed E-state index contributed by atoms with van der Waals surface area (Å²) >= 11 is 0. The van der Waals surface area contributed by atoms with Gasteiger partial charge in [0.05, 0.1) is 16.4 Å². The van der Waals surface area contributed by atoms with Crippen molar-refractivity contribution in [1.82, 2.24) is 19.5 Å². The van der Waals surface area contributed by atoms with Crippen molar-refractivity contribution in [3.05, 3.63) is 169 Å². The molecule has 0 saturated carbocycles. The summed E-state index contributed by atoms with van der Waals surface area (Å²) in [6.07, 6.45) is 0. The molecule has 7 aromatic carbocycles. The zero-order chi connectivity index (χ0) is 35.3. The maximum atomic E-state index is 6.48. The van der Waals surface area contributed by atoms with Crippen LogP contribution in [0.3, 0.4) is 0 Å². The molecule has 0 spiro atoms. The van der Waals surface area contributed by atoms with Crippen molar-refractivity contribution in [3.8, 4) is 51.0 Å². The summed E-state index contributed by atoms with van der Waals surface area (Å²) in [6.45, 7) is 4.65. The van der Waals surface area contributed by atoms with Gasteiger partial charge in [-0.3, -0.25) is 4.57 Å². The van der Waals surface area contributed by atoms with Gasteiger partial charge < -0.3 is 4.42 Å². The van der Waals surface area contributed by atoms with Crippen LogP contribution < -0.4 is 0 Å². The Labute approximate surface area is 305 Å². The normalized spacial score (nSPS) is 13.2. The molecule has 1 aliphatic carbocycles. The smallest absolute Gasteiger partial charge is 0.238 e. The molecule has 1 aliphatic rings. The lowest BCUT2D eigenvalue weighted by molar-refractivity contribution is 0.661. The second-order valence-corrected chi connectivity index (χ2v) is 14.4. The number of rotatable bonds is 4. The molecule has 3 aromatic heterocycles. The largest absolute Gasteiger partial charge is 0.456 e. The lowest BCUT2D eigenvalue weighted by Gasteiger charge is -2.21. The van der Waals surface area contributed by atoms with Gasteiger partial charge in [-0.2, -0.15) is 9.97 Å². The molecular formula is C48H32N4O. The van der Waals surface area contributed by atoms with Crippen molar-refractivity contribution < 1.29 is 4.42 Å². The summed E-state index contributed by atoms with van der Waals surface area (Å²) in [5.74, 6) is 1.79. The second kappa shape index (κ2) is 11.1. The molecule has 250 valence electrons. The SMILES string of the molecule is CC1(C)c2ccccc2-c2cc3c4ccc5oc6ccccc6c5c4n(-c4nc(-c5ccccc5)nc(-c5cccc(-c6ccccc6)c5)n4)c3cc21. The Morgan fingerprint density at radius 1 is 0.472 bits per heavy atom. The molecule has 11 rings (SSSR count). The van der Waals surface area contributed by atoms with Crippen LogP contribution in [0.15, 0.2) is 162 Å². The minimum atomic E-state index is -0.184. The maximum absolute atomic E-state index is 6.48. The minimum absolute atomic E-state index is 0.184. The lowest BCUT2D eigenvalue weighted by atomic mass is 9.82. The fraction of sp³-hybridized carbons (Fsp3) is 0.0625. The highest BCUT2D eigenvalue weighted by atomic mass is 16.3. The molecule has 5 nitrogen and oxygen atoms in total. The molecule has 0 aliphatic heterocycles. The average Bonchev–Trinajstić information content (AvgIpc) is 3.83. The van der Waals surface area contributed by atoms with Gasteiger partial charge in [0.15, 0.2) is 11.6 Å². The standard InChI is InChI=1S/C48H32N4O/c1-48(2)38-22-11-9-20-33(38)36-27-37-34-24-25-42-43(35-21-10-12-23-41(35)53-42)44(34)52(40(37)28-39(36)48)47-50-45(30-16-7-4-8-17-30)49-46(51-47)32-19-13-18-31(26-32)29-14-5-3-6-15-29/h3-28H,1-2H3. The molecule has 3 heterocycles. The number of furan rings is 1. The third kappa shape index (κ3) is 4.40. The fourth-order valence-corrected chi connectivity index (χ4v) is 8.49. The zero-order valence-corrected chi connectivity index (χ0v) is 29.2. The predicted octanol–water partition coefficient (Wildman–Crippen LogP) is 12.2. The van der Waals surface area contributed by atoms with Crippen molar-refractivity contribution in [2.75, 3.05) is 0 Å². The Kier molecular flexibility index (Phi) is 6.23. The third-order valence-electron chi connectivity index (χ3n) is 11.1. The number of para-hydroxylation sites is 1. The van der Waals surface area contributed by atoms with E-state index in [1.165, 1.54) is 22.3 Å². The highest BCUT2D eigenvalue weighted by Gasteiger charge is 2.36. The van der Waals surface area contributed by atoms with Gasteiger partial charge >= 0.3 is 0 Å². The zero-order valence-electron chi connectivity index (χ0n) is 29.2.